The summed E-state index contributed by atoms with van der Waals surface area (Å²) in [6.45, 7) is 3.37. The van der Waals surface area contributed by atoms with Gasteiger partial charge >= 0.3 is 0 Å². The third-order valence-corrected chi connectivity index (χ3v) is 7.13. The molecule has 0 aromatic heterocycles. The predicted octanol–water partition coefficient (Wildman–Crippen LogP) is 3.29. The minimum Gasteiger partial charge on any atom is -0.311 e. The molecule has 118 valence electrons. The van der Waals surface area contributed by atoms with E-state index in [0.29, 0.717) is 5.92 Å². The van der Waals surface area contributed by atoms with Crippen LogP contribution in [0.1, 0.15) is 71.1 Å². The average Bonchev–Trinajstić information content (AvgIpc) is 2.65. The summed E-state index contributed by atoms with van der Waals surface area (Å²) in [6, 6.07) is 0. The second-order valence-electron chi connectivity index (χ2n) is 6.96. The standard InChI is InChI=1S/C16H31NO2S/c1-3-10-16(11-5-4-6-12-17-16)14-8-7-9-15(13-14)20(2,18)19/h14-15,17H,3-13H2,1-2H3. The zero-order chi connectivity index (χ0) is 14.6. The maximum Gasteiger partial charge on any atom is 0.150 e. The van der Waals surface area contributed by atoms with Crippen molar-refractivity contribution in [3.63, 3.8) is 0 Å². The molecule has 2 rings (SSSR count). The van der Waals surface area contributed by atoms with E-state index in [4.69, 9.17) is 0 Å². The minimum atomic E-state index is -2.88. The third kappa shape index (κ3) is 3.76. The van der Waals surface area contributed by atoms with Crippen LogP contribution >= 0.6 is 0 Å². The van der Waals surface area contributed by atoms with Crippen LogP contribution < -0.4 is 5.32 Å². The van der Waals surface area contributed by atoms with Gasteiger partial charge in [0, 0.05) is 11.8 Å². The molecular weight excluding hydrogens is 270 g/mol. The van der Waals surface area contributed by atoms with Crippen LogP contribution in [0.15, 0.2) is 0 Å². The van der Waals surface area contributed by atoms with Gasteiger partial charge in [-0.2, -0.15) is 0 Å². The largest absolute Gasteiger partial charge is 0.311 e. The highest BCUT2D eigenvalue weighted by molar-refractivity contribution is 7.91. The van der Waals surface area contributed by atoms with Crippen molar-refractivity contribution < 1.29 is 8.42 Å². The Morgan fingerprint density at radius 2 is 1.95 bits per heavy atom. The van der Waals surface area contributed by atoms with E-state index in [1.807, 2.05) is 0 Å². The van der Waals surface area contributed by atoms with Gasteiger partial charge in [-0.1, -0.05) is 32.6 Å². The summed E-state index contributed by atoms with van der Waals surface area (Å²) in [5.74, 6) is 0.550. The van der Waals surface area contributed by atoms with Crippen molar-refractivity contribution in [3.05, 3.63) is 0 Å². The molecule has 2 fully saturated rings. The van der Waals surface area contributed by atoms with Crippen LogP contribution in [0.3, 0.4) is 0 Å². The van der Waals surface area contributed by atoms with Crippen molar-refractivity contribution in [2.24, 2.45) is 5.92 Å². The first kappa shape index (κ1) is 16.3. The molecule has 0 aromatic carbocycles. The number of hydrogen-bond donors (Lipinski definition) is 1. The predicted molar refractivity (Wildman–Crippen MR) is 84.7 cm³/mol. The first-order valence-corrected chi connectivity index (χ1v) is 10.4. The van der Waals surface area contributed by atoms with E-state index in [-0.39, 0.29) is 10.8 Å². The highest BCUT2D eigenvalue weighted by Gasteiger charge is 2.42. The minimum absolute atomic E-state index is 0.0972. The van der Waals surface area contributed by atoms with Gasteiger partial charge in [0.05, 0.1) is 5.25 Å². The van der Waals surface area contributed by atoms with E-state index in [2.05, 4.69) is 12.2 Å². The molecule has 1 aliphatic carbocycles. The number of nitrogens with one attached hydrogen (secondary N) is 1. The molecule has 3 atom stereocenters. The monoisotopic (exact) mass is 301 g/mol. The zero-order valence-electron chi connectivity index (χ0n) is 13.2. The summed E-state index contributed by atoms with van der Waals surface area (Å²) in [6.07, 6.45) is 13.0. The van der Waals surface area contributed by atoms with Crippen molar-refractivity contribution in [3.8, 4) is 0 Å². The van der Waals surface area contributed by atoms with Gasteiger partial charge in [-0.15, -0.1) is 0 Å². The molecule has 3 nitrogen and oxygen atoms in total. The molecule has 20 heavy (non-hydrogen) atoms. The smallest absolute Gasteiger partial charge is 0.150 e. The number of rotatable bonds is 4. The highest BCUT2D eigenvalue weighted by atomic mass is 32.2. The Morgan fingerprint density at radius 1 is 1.15 bits per heavy atom. The lowest BCUT2D eigenvalue weighted by molar-refractivity contribution is 0.142. The zero-order valence-corrected chi connectivity index (χ0v) is 14.0. The van der Waals surface area contributed by atoms with Crippen LogP contribution in [0.4, 0.5) is 0 Å². The molecule has 3 unspecified atom stereocenters. The molecule has 1 aliphatic heterocycles. The van der Waals surface area contributed by atoms with Gasteiger partial charge in [0.15, 0.2) is 0 Å². The lowest BCUT2D eigenvalue weighted by atomic mass is 9.70. The Bertz CT molecular complexity index is 397. The van der Waals surface area contributed by atoms with Crippen LogP contribution in [-0.4, -0.2) is 32.0 Å². The van der Waals surface area contributed by atoms with Crippen molar-refractivity contribution >= 4 is 9.84 Å². The molecule has 2 aliphatic rings. The van der Waals surface area contributed by atoms with Crippen LogP contribution in [0.2, 0.25) is 0 Å². The Hall–Kier alpha value is -0.0900. The molecule has 0 aromatic rings. The molecule has 0 amide bonds. The van der Waals surface area contributed by atoms with E-state index < -0.39 is 9.84 Å². The van der Waals surface area contributed by atoms with E-state index in [1.54, 1.807) is 0 Å². The maximum absolute atomic E-state index is 11.9. The van der Waals surface area contributed by atoms with Gasteiger partial charge < -0.3 is 5.32 Å². The number of hydrogen-bond acceptors (Lipinski definition) is 3. The quantitative estimate of drug-likeness (QED) is 0.866. The second-order valence-corrected chi connectivity index (χ2v) is 9.28. The lowest BCUT2D eigenvalue weighted by Gasteiger charge is -2.45. The third-order valence-electron chi connectivity index (χ3n) is 5.49. The van der Waals surface area contributed by atoms with Gasteiger partial charge in [0.2, 0.25) is 0 Å². The first-order chi connectivity index (χ1) is 9.48. The van der Waals surface area contributed by atoms with E-state index in [1.165, 1.54) is 51.2 Å². The molecule has 1 heterocycles. The Morgan fingerprint density at radius 3 is 2.65 bits per heavy atom. The fraction of sp³-hybridized carbons (Fsp3) is 1.00. The van der Waals surface area contributed by atoms with Crippen molar-refractivity contribution in [2.45, 2.75) is 81.9 Å². The van der Waals surface area contributed by atoms with Crippen molar-refractivity contribution in [2.75, 3.05) is 12.8 Å². The van der Waals surface area contributed by atoms with Crippen LogP contribution in [0, 0.1) is 5.92 Å². The maximum atomic E-state index is 11.9. The fourth-order valence-corrected chi connectivity index (χ4v) is 5.59. The van der Waals surface area contributed by atoms with E-state index in [9.17, 15) is 8.42 Å². The van der Waals surface area contributed by atoms with Gasteiger partial charge in [-0.25, -0.2) is 8.42 Å². The summed E-state index contributed by atoms with van der Waals surface area (Å²) in [4.78, 5) is 0. The molecule has 1 saturated heterocycles. The first-order valence-electron chi connectivity index (χ1n) is 8.42. The van der Waals surface area contributed by atoms with E-state index in [0.717, 1.165) is 25.8 Å². The normalized spacial score (nSPS) is 36.5. The molecular formula is C16H31NO2S. The van der Waals surface area contributed by atoms with Crippen molar-refractivity contribution in [1.82, 2.24) is 5.32 Å². The van der Waals surface area contributed by atoms with Gasteiger partial charge in [-0.05, 0) is 51.0 Å². The number of sulfone groups is 1. The SMILES string of the molecule is CCCC1(C2CCCC(S(C)(=O)=O)C2)CCCCCN1. The summed E-state index contributed by atoms with van der Waals surface area (Å²) < 4.78 is 23.8. The van der Waals surface area contributed by atoms with Crippen LogP contribution in [-0.2, 0) is 9.84 Å². The molecule has 1 N–H and O–H groups in total. The molecule has 0 spiro atoms. The van der Waals surface area contributed by atoms with Gasteiger partial charge in [-0.3, -0.25) is 0 Å². The van der Waals surface area contributed by atoms with Crippen LogP contribution in [0.5, 0.6) is 0 Å². The fourth-order valence-electron chi connectivity index (χ4n) is 4.42. The van der Waals surface area contributed by atoms with Gasteiger partial charge in [0.1, 0.15) is 9.84 Å². The topological polar surface area (TPSA) is 46.2 Å². The molecule has 0 bridgehead atoms. The summed E-state index contributed by atoms with van der Waals surface area (Å²) >= 11 is 0. The molecule has 1 saturated carbocycles. The summed E-state index contributed by atoms with van der Waals surface area (Å²) in [7, 11) is -2.88. The Kier molecular flexibility index (Phi) is 5.52. The summed E-state index contributed by atoms with van der Waals surface area (Å²) in [5.41, 5.74) is 0.217. The highest BCUT2D eigenvalue weighted by Crippen LogP contribution is 2.41. The second kappa shape index (κ2) is 6.78. The average molecular weight is 301 g/mol. The summed E-state index contributed by atoms with van der Waals surface area (Å²) in [5, 5.41) is 3.75. The Labute approximate surface area is 124 Å². The van der Waals surface area contributed by atoms with E-state index >= 15 is 0 Å². The van der Waals surface area contributed by atoms with Gasteiger partial charge in [0.25, 0.3) is 0 Å². The lowest BCUT2D eigenvalue weighted by Crippen LogP contribution is -2.53. The van der Waals surface area contributed by atoms with Crippen molar-refractivity contribution in [1.29, 1.82) is 0 Å². The molecule has 0 radical (unpaired) electrons. The molecule has 4 heteroatoms. The Balaban J connectivity index is 2.15. The van der Waals surface area contributed by atoms with Crippen LogP contribution in [0.25, 0.3) is 0 Å².